The van der Waals surface area contributed by atoms with Crippen molar-refractivity contribution in [2.24, 2.45) is 7.05 Å². The van der Waals surface area contributed by atoms with E-state index in [1.54, 1.807) is 17.8 Å². The molecule has 0 aliphatic rings. The van der Waals surface area contributed by atoms with Crippen molar-refractivity contribution in [3.05, 3.63) is 34.7 Å². The highest BCUT2D eigenvalue weighted by Gasteiger charge is 2.10. The Morgan fingerprint density at radius 1 is 1.41 bits per heavy atom. The molecule has 17 heavy (non-hydrogen) atoms. The van der Waals surface area contributed by atoms with Crippen molar-refractivity contribution in [2.45, 2.75) is 6.92 Å². The van der Waals surface area contributed by atoms with E-state index in [0.717, 1.165) is 11.8 Å². The molecule has 0 spiro atoms. The van der Waals surface area contributed by atoms with Gasteiger partial charge < -0.3 is 10.5 Å². The van der Waals surface area contributed by atoms with Crippen LogP contribution in [0.4, 0.5) is 10.1 Å². The van der Waals surface area contributed by atoms with E-state index in [1.807, 2.05) is 6.92 Å². The number of hydrogen-bond donors (Lipinski definition) is 1. The molecule has 2 aromatic rings. The quantitative estimate of drug-likeness (QED) is 0.840. The molecule has 90 valence electrons. The molecule has 0 radical (unpaired) electrons. The lowest BCUT2D eigenvalue weighted by molar-refractivity contribution is 0.431. The average molecular weight is 256 g/mol. The van der Waals surface area contributed by atoms with Crippen molar-refractivity contribution >= 4 is 17.3 Å². The van der Waals surface area contributed by atoms with Gasteiger partial charge in [-0.15, -0.1) is 0 Å². The number of nitrogen functional groups attached to an aromatic ring is 1. The lowest BCUT2D eigenvalue weighted by atomic mass is 10.3. The van der Waals surface area contributed by atoms with Crippen LogP contribution in [0.2, 0.25) is 5.02 Å². The van der Waals surface area contributed by atoms with Crippen molar-refractivity contribution in [3.8, 4) is 11.6 Å². The number of halogens is 2. The molecule has 1 aromatic carbocycles. The molecule has 0 fully saturated rings. The number of benzene rings is 1. The topological polar surface area (TPSA) is 53.1 Å². The van der Waals surface area contributed by atoms with E-state index in [1.165, 1.54) is 6.07 Å². The lowest BCUT2D eigenvalue weighted by Crippen LogP contribution is -1.98. The van der Waals surface area contributed by atoms with Gasteiger partial charge in [-0.3, -0.25) is 0 Å². The van der Waals surface area contributed by atoms with Crippen LogP contribution >= 0.6 is 11.6 Å². The van der Waals surface area contributed by atoms with E-state index in [-0.39, 0.29) is 10.7 Å². The summed E-state index contributed by atoms with van der Waals surface area (Å²) in [6.07, 6.45) is 0. The molecule has 0 aliphatic heterocycles. The molecule has 4 nitrogen and oxygen atoms in total. The molecular weight excluding hydrogens is 245 g/mol. The molecule has 0 saturated carbocycles. The van der Waals surface area contributed by atoms with Crippen LogP contribution in [0.25, 0.3) is 0 Å². The minimum absolute atomic E-state index is 0.0342. The SMILES string of the molecule is Cc1cc(Oc2cc(Cl)c(F)cc2N)n(C)n1. The van der Waals surface area contributed by atoms with Gasteiger partial charge in [-0.25, -0.2) is 9.07 Å². The minimum atomic E-state index is -0.572. The van der Waals surface area contributed by atoms with Gasteiger partial charge in [0.1, 0.15) is 5.82 Å². The van der Waals surface area contributed by atoms with Crippen molar-refractivity contribution in [1.29, 1.82) is 0 Å². The maximum atomic E-state index is 13.1. The fraction of sp³-hybridized carbons (Fsp3) is 0.182. The number of nitrogens with two attached hydrogens (primary N) is 1. The number of ether oxygens (including phenoxy) is 1. The van der Waals surface area contributed by atoms with Gasteiger partial charge in [-0.05, 0) is 6.92 Å². The third-order valence-corrected chi connectivity index (χ3v) is 2.52. The zero-order valence-corrected chi connectivity index (χ0v) is 10.1. The highest BCUT2D eigenvalue weighted by atomic mass is 35.5. The Morgan fingerprint density at radius 3 is 2.71 bits per heavy atom. The summed E-state index contributed by atoms with van der Waals surface area (Å²) in [7, 11) is 1.74. The summed E-state index contributed by atoms with van der Waals surface area (Å²) >= 11 is 5.66. The smallest absolute Gasteiger partial charge is 0.217 e. The molecule has 0 saturated heterocycles. The van der Waals surface area contributed by atoms with E-state index in [0.29, 0.717) is 11.6 Å². The Balaban J connectivity index is 2.36. The molecule has 1 heterocycles. The van der Waals surface area contributed by atoms with Crippen molar-refractivity contribution in [2.75, 3.05) is 5.73 Å². The minimum Gasteiger partial charge on any atom is -0.437 e. The van der Waals surface area contributed by atoms with Crippen LogP contribution in [-0.2, 0) is 7.05 Å². The van der Waals surface area contributed by atoms with Gasteiger partial charge in [0.05, 0.1) is 16.4 Å². The molecule has 0 atom stereocenters. The van der Waals surface area contributed by atoms with E-state index in [4.69, 9.17) is 22.1 Å². The van der Waals surface area contributed by atoms with E-state index >= 15 is 0 Å². The van der Waals surface area contributed by atoms with Crippen LogP contribution in [-0.4, -0.2) is 9.78 Å². The Kier molecular flexibility index (Phi) is 2.93. The number of aromatic nitrogens is 2. The number of aryl methyl sites for hydroxylation is 2. The Morgan fingerprint density at radius 2 is 2.12 bits per heavy atom. The molecule has 0 aliphatic carbocycles. The molecule has 0 amide bonds. The predicted octanol–water partition coefficient (Wildman–Crippen LogP) is 2.90. The van der Waals surface area contributed by atoms with Crippen LogP contribution in [0.1, 0.15) is 5.69 Å². The fourth-order valence-electron chi connectivity index (χ4n) is 1.43. The monoisotopic (exact) mass is 255 g/mol. The normalized spacial score (nSPS) is 10.6. The van der Waals surface area contributed by atoms with Crippen molar-refractivity contribution < 1.29 is 9.13 Å². The second kappa shape index (κ2) is 4.25. The maximum Gasteiger partial charge on any atom is 0.217 e. The number of anilines is 1. The molecule has 1 aromatic heterocycles. The van der Waals surface area contributed by atoms with E-state index < -0.39 is 5.82 Å². The summed E-state index contributed by atoms with van der Waals surface area (Å²) in [5.41, 5.74) is 6.64. The van der Waals surface area contributed by atoms with Gasteiger partial charge in [0.2, 0.25) is 5.88 Å². The second-order valence-electron chi connectivity index (χ2n) is 3.65. The molecule has 0 bridgehead atoms. The number of rotatable bonds is 2. The number of nitrogens with zero attached hydrogens (tertiary/aromatic N) is 2. The third-order valence-electron chi connectivity index (χ3n) is 2.23. The molecular formula is C11H11ClFN3O. The van der Waals surface area contributed by atoms with Crippen LogP contribution in [0, 0.1) is 12.7 Å². The van der Waals surface area contributed by atoms with Gasteiger partial charge in [-0.1, -0.05) is 11.6 Å². The summed E-state index contributed by atoms with van der Waals surface area (Å²) in [6, 6.07) is 4.21. The first-order chi connectivity index (χ1) is 7.97. The summed E-state index contributed by atoms with van der Waals surface area (Å²) in [6.45, 7) is 1.84. The van der Waals surface area contributed by atoms with E-state index in [2.05, 4.69) is 5.10 Å². The van der Waals surface area contributed by atoms with Crippen LogP contribution in [0.5, 0.6) is 11.6 Å². The Bertz CT molecular complexity index is 568. The zero-order valence-electron chi connectivity index (χ0n) is 9.37. The van der Waals surface area contributed by atoms with Crippen molar-refractivity contribution in [1.82, 2.24) is 9.78 Å². The first kappa shape index (κ1) is 11.7. The summed E-state index contributed by atoms with van der Waals surface area (Å²) in [5.74, 6) is 0.244. The van der Waals surface area contributed by atoms with Crippen LogP contribution in [0.3, 0.4) is 0 Å². The average Bonchev–Trinajstić information content (AvgIpc) is 2.54. The fourth-order valence-corrected chi connectivity index (χ4v) is 1.58. The van der Waals surface area contributed by atoms with Crippen LogP contribution < -0.4 is 10.5 Å². The largest absolute Gasteiger partial charge is 0.437 e. The van der Waals surface area contributed by atoms with E-state index in [9.17, 15) is 4.39 Å². The van der Waals surface area contributed by atoms with Crippen LogP contribution in [0.15, 0.2) is 18.2 Å². The van der Waals surface area contributed by atoms with Gasteiger partial charge >= 0.3 is 0 Å². The maximum absolute atomic E-state index is 13.1. The first-order valence-corrected chi connectivity index (χ1v) is 5.28. The third kappa shape index (κ3) is 2.34. The summed E-state index contributed by atoms with van der Waals surface area (Å²) in [4.78, 5) is 0. The molecule has 6 heteroatoms. The summed E-state index contributed by atoms with van der Waals surface area (Å²) in [5, 5.41) is 4.09. The molecule has 2 rings (SSSR count). The van der Waals surface area contributed by atoms with Gasteiger partial charge in [0.25, 0.3) is 0 Å². The molecule has 2 N–H and O–H groups in total. The zero-order chi connectivity index (χ0) is 12.6. The molecule has 0 unspecified atom stereocenters. The lowest BCUT2D eigenvalue weighted by Gasteiger charge is -2.08. The van der Waals surface area contributed by atoms with Gasteiger partial charge in [0, 0.05) is 25.2 Å². The van der Waals surface area contributed by atoms with Crippen molar-refractivity contribution in [3.63, 3.8) is 0 Å². The second-order valence-corrected chi connectivity index (χ2v) is 4.06. The standard InChI is InChI=1S/C11H11ClFN3O/c1-6-3-11(16(2)15-6)17-10-4-7(12)8(13)5-9(10)14/h3-5H,14H2,1-2H3. The Labute approximate surface area is 103 Å². The predicted molar refractivity (Wildman–Crippen MR) is 63.8 cm³/mol. The highest BCUT2D eigenvalue weighted by Crippen LogP contribution is 2.32. The Hall–Kier alpha value is -1.75. The van der Waals surface area contributed by atoms with Gasteiger partial charge in [-0.2, -0.15) is 5.10 Å². The summed E-state index contributed by atoms with van der Waals surface area (Å²) < 4.78 is 20.2. The highest BCUT2D eigenvalue weighted by molar-refractivity contribution is 6.31. The van der Waals surface area contributed by atoms with Gasteiger partial charge in [0.15, 0.2) is 5.75 Å². The number of hydrogen-bond acceptors (Lipinski definition) is 3. The first-order valence-electron chi connectivity index (χ1n) is 4.90.